The number of hydrogen-bond acceptors (Lipinski definition) is 6. The molecule has 0 spiro atoms. The molecule has 1 heterocycles. The second kappa shape index (κ2) is 9.26. The van der Waals surface area contributed by atoms with Crippen molar-refractivity contribution in [3.05, 3.63) is 51.2 Å². The third-order valence-corrected chi connectivity index (χ3v) is 4.59. The van der Waals surface area contributed by atoms with Gasteiger partial charge in [0.25, 0.3) is 5.91 Å². The smallest absolute Gasteiger partial charge is 0.306 e. The fourth-order valence-electron chi connectivity index (χ4n) is 2.03. The number of amides is 1. The number of carbonyl (C=O) groups is 4. The van der Waals surface area contributed by atoms with Crippen molar-refractivity contribution in [1.29, 1.82) is 0 Å². The van der Waals surface area contributed by atoms with Gasteiger partial charge in [-0.3, -0.25) is 19.2 Å². The van der Waals surface area contributed by atoms with E-state index in [9.17, 15) is 19.2 Å². The molecular formula is C18H16ClNO5S. The maximum atomic E-state index is 11.9. The zero-order valence-corrected chi connectivity index (χ0v) is 15.5. The number of rotatable bonds is 8. The van der Waals surface area contributed by atoms with Crippen LogP contribution in [0.2, 0.25) is 4.34 Å². The number of ketones is 2. The van der Waals surface area contributed by atoms with Crippen LogP contribution in [0.25, 0.3) is 0 Å². The molecule has 0 atom stereocenters. The molecule has 6 nitrogen and oxygen atoms in total. The van der Waals surface area contributed by atoms with E-state index in [0.717, 1.165) is 11.3 Å². The minimum absolute atomic E-state index is 0.0159. The van der Waals surface area contributed by atoms with E-state index in [0.29, 0.717) is 20.5 Å². The van der Waals surface area contributed by atoms with Crippen LogP contribution < -0.4 is 5.32 Å². The summed E-state index contributed by atoms with van der Waals surface area (Å²) in [7, 11) is 0. The number of anilines is 1. The Labute approximate surface area is 159 Å². The molecule has 2 rings (SSSR count). The summed E-state index contributed by atoms with van der Waals surface area (Å²) in [5.74, 6) is -1.50. The number of halogens is 1. The lowest BCUT2D eigenvalue weighted by Crippen LogP contribution is -2.21. The van der Waals surface area contributed by atoms with Crippen LogP contribution in [-0.4, -0.2) is 30.0 Å². The van der Waals surface area contributed by atoms with E-state index in [2.05, 4.69) is 5.32 Å². The average Bonchev–Trinajstić information content (AvgIpc) is 3.04. The first-order chi connectivity index (χ1) is 12.3. The van der Waals surface area contributed by atoms with E-state index >= 15 is 0 Å². The van der Waals surface area contributed by atoms with Gasteiger partial charge in [0.2, 0.25) is 0 Å². The number of ether oxygens (including phenoxy) is 1. The Balaban J connectivity index is 1.74. The molecule has 1 aromatic heterocycles. The van der Waals surface area contributed by atoms with Crippen molar-refractivity contribution in [2.75, 3.05) is 11.9 Å². The molecule has 0 unspecified atom stereocenters. The Morgan fingerprint density at radius 2 is 1.88 bits per heavy atom. The average molecular weight is 394 g/mol. The minimum atomic E-state index is -0.645. The number of carbonyl (C=O) groups excluding carboxylic acids is 4. The van der Waals surface area contributed by atoms with Gasteiger partial charge in [0.15, 0.2) is 18.2 Å². The summed E-state index contributed by atoms with van der Waals surface area (Å²) in [5, 5.41) is 2.54. The fraction of sp³-hybridized carbons (Fsp3) is 0.222. The van der Waals surface area contributed by atoms with E-state index in [1.54, 1.807) is 30.3 Å². The molecule has 0 fully saturated rings. The first kappa shape index (κ1) is 19.8. The minimum Gasteiger partial charge on any atom is -0.456 e. The fourth-order valence-corrected chi connectivity index (χ4v) is 3.04. The monoisotopic (exact) mass is 393 g/mol. The molecule has 1 N–H and O–H groups in total. The van der Waals surface area contributed by atoms with Gasteiger partial charge in [-0.05, 0) is 31.2 Å². The predicted octanol–water partition coefficient (Wildman–Crippen LogP) is 3.75. The second-order valence-electron chi connectivity index (χ2n) is 5.37. The van der Waals surface area contributed by atoms with E-state index in [1.165, 1.54) is 13.0 Å². The number of benzene rings is 1. The molecule has 8 heteroatoms. The number of nitrogens with one attached hydrogen (secondary N) is 1. The lowest BCUT2D eigenvalue weighted by atomic mass is 10.1. The van der Waals surface area contributed by atoms with Gasteiger partial charge in [0.05, 0.1) is 15.6 Å². The van der Waals surface area contributed by atoms with Gasteiger partial charge in [-0.15, -0.1) is 11.3 Å². The van der Waals surface area contributed by atoms with Crippen molar-refractivity contribution >= 4 is 52.1 Å². The summed E-state index contributed by atoms with van der Waals surface area (Å²) in [6, 6.07) is 9.65. The van der Waals surface area contributed by atoms with E-state index in [1.807, 2.05) is 0 Å². The van der Waals surface area contributed by atoms with Gasteiger partial charge >= 0.3 is 5.97 Å². The van der Waals surface area contributed by atoms with Crippen molar-refractivity contribution in [2.45, 2.75) is 19.8 Å². The Morgan fingerprint density at radius 3 is 2.54 bits per heavy atom. The summed E-state index contributed by atoms with van der Waals surface area (Å²) in [6.07, 6.45) is -0.139. The van der Waals surface area contributed by atoms with Crippen molar-refractivity contribution in [3.63, 3.8) is 0 Å². The maximum Gasteiger partial charge on any atom is 0.306 e. The molecule has 0 aliphatic heterocycles. The summed E-state index contributed by atoms with van der Waals surface area (Å²) in [6.45, 7) is 0.955. The molecule has 0 saturated heterocycles. The van der Waals surface area contributed by atoms with Crippen molar-refractivity contribution in [2.24, 2.45) is 0 Å². The van der Waals surface area contributed by atoms with Gasteiger partial charge < -0.3 is 10.1 Å². The van der Waals surface area contributed by atoms with Gasteiger partial charge in [-0.25, -0.2) is 0 Å². The largest absolute Gasteiger partial charge is 0.456 e. The third kappa shape index (κ3) is 6.09. The molecule has 1 aromatic carbocycles. The number of hydrogen-bond donors (Lipinski definition) is 1. The molecule has 136 valence electrons. The third-order valence-electron chi connectivity index (χ3n) is 3.32. The van der Waals surface area contributed by atoms with Crippen LogP contribution in [0.5, 0.6) is 0 Å². The molecule has 2 aromatic rings. The van der Waals surface area contributed by atoms with Crippen LogP contribution in [0, 0.1) is 0 Å². The van der Waals surface area contributed by atoms with Crippen LogP contribution in [-0.2, 0) is 14.3 Å². The molecule has 1 amide bonds. The van der Waals surface area contributed by atoms with Crippen LogP contribution in [0.3, 0.4) is 0 Å². The zero-order valence-electron chi connectivity index (χ0n) is 13.9. The Hall–Kier alpha value is -2.51. The topological polar surface area (TPSA) is 89.5 Å². The van der Waals surface area contributed by atoms with Crippen LogP contribution >= 0.6 is 22.9 Å². The van der Waals surface area contributed by atoms with Crippen molar-refractivity contribution in [3.8, 4) is 0 Å². The maximum absolute atomic E-state index is 11.9. The highest BCUT2D eigenvalue weighted by molar-refractivity contribution is 7.18. The molecule has 26 heavy (non-hydrogen) atoms. The second-order valence-corrected chi connectivity index (χ2v) is 7.09. The normalized spacial score (nSPS) is 10.2. The highest BCUT2D eigenvalue weighted by atomic mass is 35.5. The zero-order chi connectivity index (χ0) is 19.1. The predicted molar refractivity (Wildman–Crippen MR) is 98.9 cm³/mol. The molecule has 0 bridgehead atoms. The summed E-state index contributed by atoms with van der Waals surface area (Å²) < 4.78 is 5.35. The molecule has 0 aliphatic carbocycles. The van der Waals surface area contributed by atoms with Gasteiger partial charge in [0.1, 0.15) is 0 Å². The summed E-state index contributed by atoms with van der Waals surface area (Å²) in [4.78, 5) is 47.1. The first-order valence-electron chi connectivity index (χ1n) is 7.70. The number of thiophene rings is 1. The molecule has 0 radical (unpaired) electrons. The molecule has 0 aliphatic rings. The highest BCUT2D eigenvalue weighted by Crippen LogP contribution is 2.23. The van der Waals surface area contributed by atoms with Gasteiger partial charge in [-0.1, -0.05) is 23.7 Å². The van der Waals surface area contributed by atoms with Crippen LogP contribution in [0.4, 0.5) is 5.69 Å². The van der Waals surface area contributed by atoms with E-state index in [4.69, 9.17) is 16.3 Å². The van der Waals surface area contributed by atoms with Crippen LogP contribution in [0.15, 0.2) is 36.4 Å². The highest BCUT2D eigenvalue weighted by Gasteiger charge is 2.13. The van der Waals surface area contributed by atoms with Crippen molar-refractivity contribution in [1.82, 2.24) is 0 Å². The SMILES string of the molecule is CC(=O)c1cccc(NC(=O)COC(=O)CCC(=O)c2ccc(Cl)s2)c1. The Bertz CT molecular complexity index is 846. The number of Topliss-reactive ketones (excluding diaryl/α,β-unsaturated/α-hetero) is 2. The van der Waals surface area contributed by atoms with Gasteiger partial charge in [-0.2, -0.15) is 0 Å². The Kier molecular flexibility index (Phi) is 7.06. The molecular weight excluding hydrogens is 378 g/mol. The first-order valence-corrected chi connectivity index (χ1v) is 8.89. The molecule has 0 saturated carbocycles. The van der Waals surface area contributed by atoms with E-state index < -0.39 is 18.5 Å². The van der Waals surface area contributed by atoms with Crippen LogP contribution in [0.1, 0.15) is 39.8 Å². The van der Waals surface area contributed by atoms with Gasteiger partial charge in [0, 0.05) is 17.7 Å². The van der Waals surface area contributed by atoms with Crippen molar-refractivity contribution < 1.29 is 23.9 Å². The van der Waals surface area contributed by atoms with E-state index in [-0.39, 0.29) is 24.4 Å². The summed E-state index contributed by atoms with van der Waals surface area (Å²) >= 11 is 6.90. The summed E-state index contributed by atoms with van der Waals surface area (Å²) in [5.41, 5.74) is 0.899. The standard InChI is InChI=1S/C18H16ClNO5S/c1-11(21)12-3-2-4-13(9-12)20-17(23)10-25-18(24)8-5-14(22)15-6-7-16(19)26-15/h2-4,6-7,9H,5,8,10H2,1H3,(H,20,23). The quantitative estimate of drug-likeness (QED) is 0.545. The number of esters is 1. The lowest BCUT2D eigenvalue weighted by Gasteiger charge is -2.07. The lowest BCUT2D eigenvalue weighted by molar-refractivity contribution is -0.147. The Morgan fingerprint density at radius 1 is 1.12 bits per heavy atom.